The Bertz CT molecular complexity index is 1140. The van der Waals surface area contributed by atoms with E-state index in [1.165, 1.54) is 5.56 Å². The quantitative estimate of drug-likeness (QED) is 0.678. The Morgan fingerprint density at radius 1 is 1.12 bits per heavy atom. The van der Waals surface area contributed by atoms with Crippen LogP contribution in [0.4, 0.5) is 0 Å². The first-order valence-electron chi connectivity index (χ1n) is 9.11. The highest BCUT2D eigenvalue weighted by Gasteiger charge is 2.41. The maximum Gasteiger partial charge on any atom is 0.206 e. The van der Waals surface area contributed by atoms with Crippen LogP contribution in [0.25, 0.3) is 11.0 Å². The Morgan fingerprint density at radius 2 is 1.92 bits per heavy atom. The molecule has 2 unspecified atom stereocenters. The molecule has 1 aliphatic heterocycles. The van der Waals surface area contributed by atoms with E-state index in [0.29, 0.717) is 15.7 Å². The Morgan fingerprint density at radius 3 is 2.69 bits per heavy atom. The van der Waals surface area contributed by atoms with Gasteiger partial charge >= 0.3 is 0 Å². The first kappa shape index (κ1) is 15.8. The molecule has 5 rings (SSSR count). The number of aromatic nitrogens is 2. The first-order chi connectivity index (χ1) is 12.6. The molecule has 0 fully saturated rings. The van der Waals surface area contributed by atoms with Crippen LogP contribution in [-0.2, 0) is 16.3 Å². The van der Waals surface area contributed by atoms with Crippen LogP contribution in [0.5, 0.6) is 0 Å². The maximum absolute atomic E-state index is 13.3. The van der Waals surface area contributed by atoms with E-state index in [9.17, 15) is 8.42 Å². The van der Waals surface area contributed by atoms with Crippen LogP contribution in [0.15, 0.2) is 64.4 Å². The van der Waals surface area contributed by atoms with Crippen molar-refractivity contribution in [1.29, 1.82) is 0 Å². The molecule has 2 aliphatic rings. The molecule has 3 aromatic rings. The smallest absolute Gasteiger partial charge is 0.206 e. The van der Waals surface area contributed by atoms with E-state index in [-0.39, 0.29) is 6.04 Å². The van der Waals surface area contributed by atoms with E-state index in [1.807, 2.05) is 30.3 Å². The lowest BCUT2D eigenvalue weighted by Gasteiger charge is -2.35. The summed E-state index contributed by atoms with van der Waals surface area (Å²) >= 11 is 0. The van der Waals surface area contributed by atoms with Crippen LogP contribution in [0.3, 0.4) is 0 Å². The van der Waals surface area contributed by atoms with E-state index in [0.717, 1.165) is 36.1 Å². The topological polar surface area (TPSA) is 52.0 Å². The lowest BCUT2D eigenvalue weighted by Crippen LogP contribution is -2.29. The Labute approximate surface area is 153 Å². The molecule has 0 N–H and O–H groups in total. The summed E-state index contributed by atoms with van der Waals surface area (Å²) < 4.78 is 28.7. The van der Waals surface area contributed by atoms with Crippen LogP contribution >= 0.6 is 0 Å². The molecule has 132 valence electrons. The van der Waals surface area contributed by atoms with Crippen molar-refractivity contribution in [1.82, 2.24) is 9.55 Å². The molecule has 0 saturated carbocycles. The van der Waals surface area contributed by atoms with Gasteiger partial charge < -0.3 is 4.57 Å². The molecule has 4 nitrogen and oxygen atoms in total. The third kappa shape index (κ3) is 2.07. The molecule has 2 heterocycles. The second-order valence-electron chi connectivity index (χ2n) is 7.08. The van der Waals surface area contributed by atoms with Crippen LogP contribution < -0.4 is 0 Å². The standard InChI is InChI=1S/C21H20N2O2S/c1-2-20-22-16-9-6-10-19-21(16)23(20)17-13-15(14-7-4-3-5-8-14)11-12-18(17)26(19,24)25/h3-10,12,15,17H,2,11,13H2,1H3. The van der Waals surface area contributed by atoms with Crippen molar-refractivity contribution >= 4 is 20.9 Å². The number of benzene rings is 2. The lowest BCUT2D eigenvalue weighted by molar-refractivity contribution is 0.449. The summed E-state index contributed by atoms with van der Waals surface area (Å²) in [7, 11) is -3.45. The number of allylic oxidation sites excluding steroid dienone is 2. The van der Waals surface area contributed by atoms with Gasteiger partial charge in [0.25, 0.3) is 0 Å². The molecular weight excluding hydrogens is 344 g/mol. The van der Waals surface area contributed by atoms with Crippen LogP contribution in [0.1, 0.15) is 43.1 Å². The van der Waals surface area contributed by atoms with Gasteiger partial charge in [-0.3, -0.25) is 0 Å². The summed E-state index contributed by atoms with van der Waals surface area (Å²) in [6, 6.07) is 15.7. The van der Waals surface area contributed by atoms with E-state index < -0.39 is 9.84 Å². The van der Waals surface area contributed by atoms with Gasteiger partial charge in [0.05, 0.1) is 26.9 Å². The highest BCUT2D eigenvalue weighted by atomic mass is 32.2. The summed E-state index contributed by atoms with van der Waals surface area (Å²) in [5, 5.41) is 0. The van der Waals surface area contributed by atoms with Gasteiger partial charge in [0.15, 0.2) is 0 Å². The third-order valence-electron chi connectivity index (χ3n) is 5.68. The highest BCUT2D eigenvalue weighted by molar-refractivity contribution is 7.95. The normalized spacial score (nSPS) is 23.5. The minimum atomic E-state index is -3.45. The van der Waals surface area contributed by atoms with Crippen LogP contribution in [0, 0.1) is 0 Å². The molecule has 0 spiro atoms. The summed E-state index contributed by atoms with van der Waals surface area (Å²) in [4.78, 5) is 5.69. The van der Waals surface area contributed by atoms with E-state index in [4.69, 9.17) is 4.98 Å². The minimum Gasteiger partial charge on any atom is -0.319 e. The second kappa shape index (κ2) is 5.55. The highest BCUT2D eigenvalue weighted by Crippen LogP contribution is 2.48. The van der Waals surface area contributed by atoms with Gasteiger partial charge in [-0.25, -0.2) is 13.4 Å². The molecule has 26 heavy (non-hydrogen) atoms. The summed E-state index contributed by atoms with van der Waals surface area (Å²) in [5.74, 6) is 1.29. The lowest BCUT2D eigenvalue weighted by atomic mass is 9.85. The predicted octanol–water partition coefficient (Wildman–Crippen LogP) is 4.39. The number of fused-ring (bicyclic) bond motifs is 2. The number of sulfone groups is 1. The zero-order chi connectivity index (χ0) is 17.9. The number of para-hydroxylation sites is 1. The minimum absolute atomic E-state index is 0.159. The largest absolute Gasteiger partial charge is 0.319 e. The van der Waals surface area contributed by atoms with Crippen LogP contribution in [0.2, 0.25) is 0 Å². The Kier molecular flexibility index (Phi) is 3.38. The monoisotopic (exact) mass is 364 g/mol. The van der Waals surface area contributed by atoms with Crippen molar-refractivity contribution in [3.8, 4) is 0 Å². The maximum atomic E-state index is 13.3. The zero-order valence-electron chi connectivity index (χ0n) is 14.6. The molecule has 2 atom stereocenters. The fourth-order valence-electron chi connectivity index (χ4n) is 4.49. The number of hydrogen-bond acceptors (Lipinski definition) is 3. The molecule has 1 aromatic heterocycles. The SMILES string of the molecule is CCc1nc2cccc3c2n1C1CC(c2ccccc2)CC=C1S3(=O)=O. The number of rotatable bonds is 2. The van der Waals surface area contributed by atoms with Crippen molar-refractivity contribution in [3.63, 3.8) is 0 Å². The molecule has 1 aliphatic carbocycles. The fourth-order valence-corrected chi connectivity index (χ4v) is 6.33. The molecule has 0 amide bonds. The number of hydrogen-bond donors (Lipinski definition) is 0. The van der Waals surface area contributed by atoms with E-state index in [2.05, 4.69) is 23.6 Å². The molecule has 5 heteroatoms. The Balaban J connectivity index is 1.75. The van der Waals surface area contributed by atoms with Gasteiger partial charge in [0, 0.05) is 6.42 Å². The van der Waals surface area contributed by atoms with Gasteiger partial charge in [-0.2, -0.15) is 0 Å². The summed E-state index contributed by atoms with van der Waals surface area (Å²) in [6.07, 6.45) is 4.29. The van der Waals surface area contributed by atoms with Crippen molar-refractivity contribution in [2.24, 2.45) is 0 Å². The van der Waals surface area contributed by atoms with Crippen molar-refractivity contribution in [2.75, 3.05) is 0 Å². The average Bonchev–Trinajstić information content (AvgIpc) is 3.06. The van der Waals surface area contributed by atoms with Gasteiger partial charge in [0.2, 0.25) is 9.84 Å². The second-order valence-corrected chi connectivity index (χ2v) is 9.00. The molecule has 0 bridgehead atoms. The van der Waals surface area contributed by atoms with Gasteiger partial charge in [0.1, 0.15) is 5.82 Å². The fraction of sp³-hybridized carbons (Fsp3) is 0.286. The van der Waals surface area contributed by atoms with Gasteiger partial charge in [-0.05, 0) is 36.5 Å². The van der Waals surface area contributed by atoms with Crippen LogP contribution in [-0.4, -0.2) is 18.0 Å². The summed E-state index contributed by atoms with van der Waals surface area (Å²) in [5.41, 5.74) is 2.83. The number of imidazole rings is 1. The number of aryl methyl sites for hydroxylation is 1. The molecular formula is C21H20N2O2S. The molecule has 0 saturated heterocycles. The molecule has 0 radical (unpaired) electrons. The van der Waals surface area contributed by atoms with E-state index >= 15 is 0 Å². The van der Waals surface area contributed by atoms with Crippen molar-refractivity contribution in [2.45, 2.75) is 43.0 Å². The first-order valence-corrected chi connectivity index (χ1v) is 10.6. The number of nitrogens with zero attached hydrogens (tertiary/aromatic N) is 2. The van der Waals surface area contributed by atoms with Gasteiger partial charge in [-0.1, -0.05) is 49.4 Å². The summed E-state index contributed by atoms with van der Waals surface area (Å²) in [6.45, 7) is 2.08. The van der Waals surface area contributed by atoms with Crippen molar-refractivity contribution < 1.29 is 8.42 Å². The predicted molar refractivity (Wildman–Crippen MR) is 102 cm³/mol. The third-order valence-corrected chi connectivity index (χ3v) is 7.65. The Hall–Kier alpha value is -2.40. The molecule has 2 aromatic carbocycles. The van der Waals surface area contributed by atoms with E-state index in [1.54, 1.807) is 12.1 Å². The average molecular weight is 364 g/mol. The zero-order valence-corrected chi connectivity index (χ0v) is 15.4. The van der Waals surface area contributed by atoms with Crippen molar-refractivity contribution in [3.05, 3.63) is 70.9 Å². The van der Waals surface area contributed by atoms with Gasteiger partial charge in [-0.15, -0.1) is 0 Å².